The predicted octanol–water partition coefficient (Wildman–Crippen LogP) is 4.88. The van der Waals surface area contributed by atoms with Crippen LogP contribution in [0.25, 0.3) is 0 Å². The van der Waals surface area contributed by atoms with Gasteiger partial charge in [-0.05, 0) is 35.2 Å². The lowest BCUT2D eigenvalue weighted by molar-refractivity contribution is 0.317. The molecule has 4 heteroatoms. The molecule has 1 fully saturated rings. The molecule has 0 saturated carbocycles. The highest BCUT2D eigenvalue weighted by atomic mass is 35.5. The average Bonchev–Trinajstić information content (AvgIpc) is 3.16. The molecule has 1 aliphatic heterocycles. The van der Waals surface area contributed by atoms with Crippen LogP contribution in [0.1, 0.15) is 29.2 Å². The third kappa shape index (κ3) is 4.39. The number of anilines is 1. The number of likely N-dealkylation sites (tertiary alicyclic amines) is 1. The van der Waals surface area contributed by atoms with E-state index in [1.54, 1.807) is 0 Å². The molecule has 3 aromatic rings. The first-order valence-electron chi connectivity index (χ1n) is 9.82. The Balaban J connectivity index is 1.49. The first-order chi connectivity index (χ1) is 13.7. The van der Waals surface area contributed by atoms with E-state index in [-0.39, 0.29) is 6.04 Å². The van der Waals surface area contributed by atoms with E-state index < -0.39 is 0 Å². The minimum Gasteiger partial charge on any atom is -0.398 e. The van der Waals surface area contributed by atoms with Crippen molar-refractivity contribution in [1.29, 1.82) is 0 Å². The summed E-state index contributed by atoms with van der Waals surface area (Å²) in [6.45, 7) is 2.96. The van der Waals surface area contributed by atoms with Crippen LogP contribution in [0.2, 0.25) is 5.02 Å². The number of nitrogens with two attached hydrogens (primary N) is 1. The molecule has 0 spiro atoms. The quantitative estimate of drug-likeness (QED) is 0.588. The molecule has 0 amide bonds. The van der Waals surface area contributed by atoms with Gasteiger partial charge in [-0.2, -0.15) is 0 Å². The van der Waals surface area contributed by atoms with Crippen molar-refractivity contribution in [2.45, 2.75) is 25.0 Å². The smallest absolute Gasteiger partial charge is 0.0599 e. The van der Waals surface area contributed by atoms with E-state index in [4.69, 9.17) is 17.3 Å². The van der Waals surface area contributed by atoms with Crippen LogP contribution >= 0.6 is 11.6 Å². The third-order valence-electron chi connectivity index (χ3n) is 5.47. The van der Waals surface area contributed by atoms with Crippen molar-refractivity contribution >= 4 is 17.3 Å². The van der Waals surface area contributed by atoms with Crippen LogP contribution in [0.4, 0.5) is 5.69 Å². The molecule has 2 unspecified atom stereocenters. The number of hydrogen-bond acceptors (Lipinski definition) is 3. The van der Waals surface area contributed by atoms with Crippen LogP contribution in [-0.2, 0) is 6.54 Å². The maximum absolute atomic E-state index is 6.34. The second-order valence-corrected chi connectivity index (χ2v) is 7.86. The number of nitrogens with one attached hydrogen (secondary N) is 1. The Kier molecular flexibility index (Phi) is 5.96. The Hall–Kier alpha value is -2.33. The van der Waals surface area contributed by atoms with E-state index >= 15 is 0 Å². The number of para-hydroxylation sites is 1. The summed E-state index contributed by atoms with van der Waals surface area (Å²) in [5.74, 6) is 0. The average molecular weight is 392 g/mol. The van der Waals surface area contributed by atoms with Crippen molar-refractivity contribution in [1.82, 2.24) is 10.2 Å². The molecule has 3 aromatic carbocycles. The zero-order valence-corrected chi connectivity index (χ0v) is 16.6. The fourth-order valence-electron chi connectivity index (χ4n) is 4.00. The standard InChI is InChI=1S/C24H26ClN3/c25-22-12-6-4-10-19(22)16-28-15-14-20(17-28)27-24(18-8-2-1-3-9-18)21-11-5-7-13-23(21)26/h1-13,20,24,27H,14-17,26H2. The SMILES string of the molecule is Nc1ccccc1C(NC1CCN(Cc2ccccc2Cl)C1)c1ccccc1. The van der Waals surface area contributed by atoms with Crippen LogP contribution in [0.3, 0.4) is 0 Å². The van der Waals surface area contributed by atoms with Gasteiger partial charge in [0.05, 0.1) is 6.04 Å². The van der Waals surface area contributed by atoms with Crippen molar-refractivity contribution in [3.63, 3.8) is 0 Å². The van der Waals surface area contributed by atoms with Gasteiger partial charge in [0.1, 0.15) is 0 Å². The first-order valence-corrected chi connectivity index (χ1v) is 10.2. The molecule has 1 heterocycles. The Morgan fingerprint density at radius 3 is 2.46 bits per heavy atom. The number of benzene rings is 3. The Bertz CT molecular complexity index is 912. The van der Waals surface area contributed by atoms with Gasteiger partial charge in [-0.25, -0.2) is 0 Å². The van der Waals surface area contributed by atoms with Crippen molar-refractivity contribution in [3.05, 3.63) is 101 Å². The normalized spacial score (nSPS) is 18.2. The van der Waals surface area contributed by atoms with Gasteiger partial charge in [0, 0.05) is 36.4 Å². The van der Waals surface area contributed by atoms with Crippen LogP contribution in [0, 0.1) is 0 Å². The van der Waals surface area contributed by atoms with Crippen LogP contribution < -0.4 is 11.1 Å². The van der Waals surface area contributed by atoms with Crippen molar-refractivity contribution in [2.24, 2.45) is 0 Å². The molecule has 3 N–H and O–H groups in total. The zero-order valence-electron chi connectivity index (χ0n) is 15.9. The third-order valence-corrected chi connectivity index (χ3v) is 5.84. The molecule has 3 nitrogen and oxygen atoms in total. The van der Waals surface area contributed by atoms with Crippen molar-refractivity contribution in [3.8, 4) is 0 Å². The Labute approximate surface area is 172 Å². The van der Waals surface area contributed by atoms with E-state index in [1.165, 1.54) is 11.1 Å². The van der Waals surface area contributed by atoms with Gasteiger partial charge in [-0.3, -0.25) is 4.90 Å². The summed E-state index contributed by atoms with van der Waals surface area (Å²) in [5, 5.41) is 4.71. The van der Waals surface area contributed by atoms with E-state index in [0.717, 1.165) is 42.3 Å². The highest BCUT2D eigenvalue weighted by Gasteiger charge is 2.27. The lowest BCUT2D eigenvalue weighted by Gasteiger charge is -2.25. The molecule has 0 aliphatic carbocycles. The van der Waals surface area contributed by atoms with E-state index in [2.05, 4.69) is 64.8 Å². The van der Waals surface area contributed by atoms with Gasteiger partial charge >= 0.3 is 0 Å². The Morgan fingerprint density at radius 1 is 0.964 bits per heavy atom. The predicted molar refractivity (Wildman–Crippen MR) is 117 cm³/mol. The van der Waals surface area contributed by atoms with E-state index in [0.29, 0.717) is 6.04 Å². The van der Waals surface area contributed by atoms with Gasteiger partial charge < -0.3 is 11.1 Å². The van der Waals surface area contributed by atoms with Crippen molar-refractivity contribution < 1.29 is 0 Å². The van der Waals surface area contributed by atoms with Gasteiger partial charge in [-0.15, -0.1) is 0 Å². The molecule has 0 bridgehead atoms. The fraction of sp³-hybridized carbons (Fsp3) is 0.250. The maximum Gasteiger partial charge on any atom is 0.0599 e. The molecule has 0 aromatic heterocycles. The molecular formula is C24H26ClN3. The maximum atomic E-state index is 6.34. The summed E-state index contributed by atoms with van der Waals surface area (Å²) in [4.78, 5) is 2.47. The van der Waals surface area contributed by atoms with Gasteiger partial charge in [0.25, 0.3) is 0 Å². The zero-order chi connectivity index (χ0) is 19.3. The van der Waals surface area contributed by atoms with Gasteiger partial charge in [0.2, 0.25) is 0 Å². The highest BCUT2D eigenvalue weighted by Crippen LogP contribution is 2.29. The molecule has 1 saturated heterocycles. The fourth-order valence-corrected chi connectivity index (χ4v) is 4.20. The number of rotatable bonds is 6. The van der Waals surface area contributed by atoms with Crippen LogP contribution in [0.15, 0.2) is 78.9 Å². The molecule has 1 aliphatic rings. The molecule has 28 heavy (non-hydrogen) atoms. The van der Waals surface area contributed by atoms with E-state index in [1.807, 2.05) is 24.3 Å². The lowest BCUT2D eigenvalue weighted by Crippen LogP contribution is -2.36. The summed E-state index contributed by atoms with van der Waals surface area (Å²) in [5.41, 5.74) is 10.7. The van der Waals surface area contributed by atoms with E-state index in [9.17, 15) is 0 Å². The molecular weight excluding hydrogens is 366 g/mol. The number of nitrogens with zero attached hydrogens (tertiary/aromatic N) is 1. The summed E-state index contributed by atoms with van der Waals surface area (Å²) >= 11 is 6.34. The molecule has 0 radical (unpaired) electrons. The topological polar surface area (TPSA) is 41.3 Å². The van der Waals surface area contributed by atoms with Crippen LogP contribution in [-0.4, -0.2) is 24.0 Å². The second kappa shape index (κ2) is 8.78. The second-order valence-electron chi connectivity index (χ2n) is 7.45. The molecule has 2 atom stereocenters. The summed E-state index contributed by atoms with van der Waals surface area (Å²) < 4.78 is 0. The molecule has 4 rings (SSSR count). The minimum atomic E-state index is 0.0904. The summed E-state index contributed by atoms with van der Waals surface area (Å²) in [7, 11) is 0. The number of hydrogen-bond donors (Lipinski definition) is 2. The largest absolute Gasteiger partial charge is 0.398 e. The van der Waals surface area contributed by atoms with Crippen molar-refractivity contribution in [2.75, 3.05) is 18.8 Å². The summed E-state index contributed by atoms with van der Waals surface area (Å²) in [6.07, 6.45) is 1.11. The first kappa shape index (κ1) is 19.0. The minimum absolute atomic E-state index is 0.0904. The Morgan fingerprint density at radius 2 is 1.68 bits per heavy atom. The number of halogens is 1. The monoisotopic (exact) mass is 391 g/mol. The summed E-state index contributed by atoms with van der Waals surface area (Å²) in [6, 6.07) is 27.3. The van der Waals surface area contributed by atoms with Crippen LogP contribution in [0.5, 0.6) is 0 Å². The number of nitrogen functional groups attached to an aromatic ring is 1. The highest BCUT2D eigenvalue weighted by molar-refractivity contribution is 6.31. The van der Waals surface area contributed by atoms with Gasteiger partial charge in [0.15, 0.2) is 0 Å². The lowest BCUT2D eigenvalue weighted by atomic mass is 9.96. The molecule has 144 valence electrons. The van der Waals surface area contributed by atoms with Gasteiger partial charge in [-0.1, -0.05) is 78.3 Å².